The van der Waals surface area contributed by atoms with Crippen molar-refractivity contribution >= 4 is 230 Å². The number of hydrogen-bond donors (Lipinski definition) is 4. The third-order valence-electron chi connectivity index (χ3n) is 22.6. The molecule has 19 aromatic carbocycles. The second kappa shape index (κ2) is 41.0. The van der Waals surface area contributed by atoms with Gasteiger partial charge < -0.3 is 22.2 Å². The van der Waals surface area contributed by atoms with Crippen LogP contribution in [0.3, 0.4) is 0 Å². The van der Waals surface area contributed by atoms with Gasteiger partial charge in [-0.2, -0.15) is 0 Å². The van der Waals surface area contributed by atoms with Crippen molar-refractivity contribution < 1.29 is 50.4 Å². The van der Waals surface area contributed by atoms with Crippen LogP contribution >= 0.6 is 69.6 Å². The highest BCUT2D eigenvalue weighted by molar-refractivity contribution is 6.67. The van der Waals surface area contributed by atoms with Crippen LogP contribution in [0.4, 0.5) is 49.1 Å². The van der Waals surface area contributed by atoms with Gasteiger partial charge in [-0.05, 0) is 240 Å². The number of carbonyl (C=O) groups excluding carboxylic acids is 4. The zero-order chi connectivity index (χ0) is 97.6. The summed E-state index contributed by atoms with van der Waals surface area (Å²) in [5.41, 5.74) is 26.2. The molecule has 0 saturated carbocycles. The summed E-state index contributed by atoms with van der Waals surface area (Å²) in [6.45, 7) is 0. The summed E-state index contributed by atoms with van der Waals surface area (Å²) >= 11 is 34.7. The molecule has 0 fully saturated rings. The molecule has 0 radical (unpaired) electrons. The lowest BCUT2D eigenvalue weighted by atomic mass is 9.91. The number of fused-ring (bicyclic) bond motifs is 11. The number of benzene rings is 19. The van der Waals surface area contributed by atoms with Gasteiger partial charge in [0, 0.05) is 99.6 Å². The summed E-state index contributed by atoms with van der Waals surface area (Å²) in [4.78, 5) is 76.7. The molecule has 1 aliphatic rings. The maximum atomic E-state index is 14.0. The summed E-state index contributed by atoms with van der Waals surface area (Å²) in [6.07, 6.45) is 9.86. The monoisotopic (exact) mass is 1960 g/mol. The number of nitro benzene ring substituents is 1. The Morgan fingerprint density at radius 1 is 0.374 bits per heavy atom. The van der Waals surface area contributed by atoms with Crippen molar-refractivity contribution in [1.82, 2.24) is 29.1 Å². The maximum absolute atomic E-state index is 14.0. The van der Waals surface area contributed by atoms with Gasteiger partial charge in [0.25, 0.3) is 22.7 Å². The number of imidazole rings is 3. The number of rotatable bonds is 8. The van der Waals surface area contributed by atoms with Crippen LogP contribution in [0.1, 0.15) is 52.6 Å². The number of aromatic nitrogens is 6. The number of allylic oxidation sites excluding steroid dienone is 2. The normalized spacial score (nSPS) is 11.2. The van der Waals surface area contributed by atoms with Gasteiger partial charge in [0.05, 0.1) is 66.6 Å². The smallest absolute Gasteiger partial charge is 0.293 e. The van der Waals surface area contributed by atoms with Crippen LogP contribution in [0.2, 0.25) is 25.1 Å². The predicted molar refractivity (Wildman–Crippen MR) is 549 cm³/mol. The van der Waals surface area contributed by atoms with E-state index in [-0.39, 0.29) is 28.1 Å². The Morgan fingerprint density at radius 2 is 0.770 bits per heavy atom. The maximum Gasteiger partial charge on any atom is 0.293 e. The van der Waals surface area contributed by atoms with E-state index in [1.807, 2.05) is 164 Å². The number of hydrogen-bond acceptors (Lipinski definition) is 12. The first-order valence-corrected chi connectivity index (χ1v) is 44.6. The lowest BCUT2D eigenvalue weighted by Gasteiger charge is -2.14. The molecule has 23 rings (SSSR count). The van der Waals surface area contributed by atoms with Crippen LogP contribution in [0.5, 0.6) is 0 Å². The van der Waals surface area contributed by atoms with E-state index >= 15 is 0 Å². The van der Waals surface area contributed by atoms with Crippen molar-refractivity contribution in [3.8, 4) is 34.2 Å². The number of nitrogen functional groups attached to an aromatic ring is 3. The summed E-state index contributed by atoms with van der Waals surface area (Å²) in [6, 6.07) is 98.8. The first-order chi connectivity index (χ1) is 67.1. The van der Waals surface area contributed by atoms with Gasteiger partial charge >= 0.3 is 0 Å². The minimum Gasteiger partial charge on any atom is -0.397 e. The molecular weight excluding hydrogens is 1900 g/mol. The Bertz CT molecular complexity index is 8630. The number of nitro groups is 1. The first kappa shape index (κ1) is 94.4. The average molecular weight is 1960 g/mol. The number of nitrogens with zero attached hydrogens (tertiary/aromatic N) is 6. The molecule has 0 unspecified atom stereocenters. The standard InChI is InChI=1S/C28H14ClF2N2O.C28H15ClF2N2O.C21H13ClN2.C15H10O.C7H3ClF2O.C6H5ClN2O2.C6H7ClN2/c29-19-10-12-25-24(15-19)32-27(33(25)28(34)18-9-11-22(30)23(31)14-18)26-20-7-3-1-5-16(20)13-17-6-2-4-8-21(17)26;29-19-10-12-24-25(15-19)33(28(34)18-9-11-22(30)23(31)14-18)27(32-24)26-20-7-3-1-5-16(20)13-17-6-2-4-8-21(17)26;22-15-9-10-18-19(12-15)24-21(23-18)20-16-7-3-1-5-13(16)11-14-6-2-4-8-17(14)20;16-10-15-13-7-3-1-5-11(13)9-12-6-2-4-8-14(12)15;8-7(11)4-1-2-5(9)6(10)3-4;7-4-1-2-5(8)6(3-4)9(10)11;7-4-1-2-5(8)6(9)3-4/h1-5,7-15H;1-15H;1-12H,(H,23,24);1-10H;1-3H;1-3H,8H2;1-3H,8-9H2/q+1;;;;;;. The highest BCUT2D eigenvalue weighted by atomic mass is 35.5. The molecule has 3 aromatic heterocycles. The minimum atomic E-state index is -1.09. The fraction of sp³-hybridized carbons (Fsp3) is 0. The summed E-state index contributed by atoms with van der Waals surface area (Å²) in [7, 11) is 0. The van der Waals surface area contributed by atoms with Crippen molar-refractivity contribution in [3.63, 3.8) is 0 Å². The van der Waals surface area contributed by atoms with Gasteiger partial charge in [-0.1, -0.05) is 222 Å². The topological polar surface area (TPSA) is 254 Å². The summed E-state index contributed by atoms with van der Waals surface area (Å²) < 4.78 is 82.6. The molecule has 7 N–H and O–H groups in total. The predicted octanol–water partition coefficient (Wildman–Crippen LogP) is 30.5. The molecular formula is C111H67Cl6F6N10O6+. The average Bonchev–Trinajstić information content (AvgIpc) is 1.59. The van der Waals surface area contributed by atoms with Crippen LogP contribution in [-0.4, -0.2) is 57.3 Å². The number of nitrogens with two attached hydrogens (primary N) is 3. The lowest BCUT2D eigenvalue weighted by molar-refractivity contribution is -0.383. The summed E-state index contributed by atoms with van der Waals surface area (Å²) in [5.74, 6) is -5.69. The Balaban J connectivity index is 0.000000118. The van der Waals surface area contributed by atoms with Gasteiger partial charge in [-0.25, -0.2) is 41.3 Å². The molecule has 16 nitrogen and oxygen atoms in total. The SMILES string of the molecule is Clc1ccc2nc(-c3c4ccccc4cc4ccccc34)[nH]c2c1.Nc1ccc(Cl)cc1N.Nc1ccc(Cl)cc1[N+](=O)[O-].O=C(Cl)c1ccc(F)c(F)c1.O=C(c1ccc(F)c(F)c1)n1c(-c2c3c(cc4ccccc24)[C+]=CC=C3)nc2cc(Cl)ccc21.O=C(c1ccc(F)c(F)c1)n1c(-c2c3ccccc3cc3ccccc23)nc2ccc(Cl)cc21.O=Cc1c2ccccc2cc2ccccc12. The molecule has 28 heteroatoms. The molecule has 22 aromatic rings. The molecule has 3 heterocycles. The van der Waals surface area contributed by atoms with Crippen molar-refractivity contribution in [2.45, 2.75) is 0 Å². The molecule has 0 atom stereocenters. The van der Waals surface area contributed by atoms with Crippen molar-refractivity contribution in [3.05, 3.63) is 461 Å². The van der Waals surface area contributed by atoms with E-state index < -0.39 is 56.9 Å². The summed E-state index contributed by atoms with van der Waals surface area (Å²) in [5, 5.41) is 26.8. The largest absolute Gasteiger partial charge is 0.397 e. The fourth-order valence-corrected chi connectivity index (χ4v) is 17.2. The van der Waals surface area contributed by atoms with Crippen molar-refractivity contribution in [1.29, 1.82) is 0 Å². The van der Waals surface area contributed by atoms with E-state index in [2.05, 4.69) is 77.8 Å². The Labute approximate surface area is 816 Å². The second-order valence-corrected chi connectivity index (χ2v) is 33.9. The number of aromatic amines is 1. The molecule has 680 valence electrons. The highest BCUT2D eigenvalue weighted by Gasteiger charge is 2.30. The highest BCUT2D eigenvalue weighted by Crippen LogP contribution is 2.43. The van der Waals surface area contributed by atoms with Crippen LogP contribution in [-0.2, 0) is 0 Å². The van der Waals surface area contributed by atoms with E-state index in [1.165, 1.54) is 61.0 Å². The van der Waals surface area contributed by atoms with Gasteiger partial charge in [0.15, 0.2) is 52.6 Å². The van der Waals surface area contributed by atoms with Gasteiger partial charge in [0.2, 0.25) is 0 Å². The quantitative estimate of drug-likeness (QED) is 0.0162. The van der Waals surface area contributed by atoms with Crippen LogP contribution in [0.25, 0.3) is 149 Å². The molecule has 0 spiro atoms. The molecule has 0 bridgehead atoms. The second-order valence-electron chi connectivity index (χ2n) is 31.4. The van der Waals surface area contributed by atoms with E-state index in [0.29, 0.717) is 70.2 Å². The number of halogens is 12. The van der Waals surface area contributed by atoms with E-state index in [1.54, 1.807) is 54.6 Å². The van der Waals surface area contributed by atoms with Crippen LogP contribution < -0.4 is 17.2 Å². The Morgan fingerprint density at radius 3 is 1.25 bits per heavy atom. The van der Waals surface area contributed by atoms with Gasteiger partial charge in [-0.3, -0.25) is 38.4 Å². The van der Waals surface area contributed by atoms with Crippen LogP contribution in [0, 0.1) is 51.1 Å². The van der Waals surface area contributed by atoms with Gasteiger partial charge in [-0.15, -0.1) is 0 Å². The zero-order valence-corrected chi connectivity index (χ0v) is 76.6. The minimum absolute atomic E-state index is 0.00367. The number of aldehydes is 1. The number of anilines is 3. The number of nitrogens with one attached hydrogen (secondary N) is 1. The van der Waals surface area contributed by atoms with Crippen molar-refractivity contribution in [2.75, 3.05) is 17.2 Å². The van der Waals surface area contributed by atoms with Crippen LogP contribution in [0.15, 0.2) is 352 Å². The third-order valence-corrected chi connectivity index (χ3v) is 24.0. The number of H-pyrrole nitrogens is 1. The van der Waals surface area contributed by atoms with Crippen molar-refractivity contribution in [2.24, 2.45) is 0 Å². The molecule has 1 aliphatic carbocycles. The first-order valence-electron chi connectivity index (χ1n) is 42.3. The molecule has 139 heavy (non-hydrogen) atoms. The zero-order valence-electron chi connectivity index (χ0n) is 72.0. The van der Waals surface area contributed by atoms with E-state index in [0.717, 1.165) is 153 Å². The van der Waals surface area contributed by atoms with Gasteiger partial charge in [0.1, 0.15) is 17.3 Å². The molecule has 0 amide bonds. The third kappa shape index (κ3) is 20.2. The fourth-order valence-electron chi connectivity index (χ4n) is 16.2. The van der Waals surface area contributed by atoms with E-state index in [9.17, 15) is 55.6 Å². The lowest BCUT2D eigenvalue weighted by Crippen LogP contribution is -2.14. The molecule has 0 saturated heterocycles. The Kier molecular flexibility index (Phi) is 27.9. The molecule has 0 aliphatic heterocycles. The number of carbonyl (C=O) groups is 4. The van der Waals surface area contributed by atoms with E-state index in [4.69, 9.17) is 102 Å². The Hall–Kier alpha value is -16.4.